The Morgan fingerprint density at radius 1 is 1.11 bits per heavy atom. The Labute approximate surface area is 283 Å². The number of carbonyl (C=O) groups excluding carboxylic acids is 2. The minimum absolute atomic E-state index is 0.0164. The van der Waals surface area contributed by atoms with E-state index in [-0.39, 0.29) is 74.4 Å². The standard InChI is InChI=1S/C30H28Cl2F2N2O9S2/c1-42-28(37)19-4-2-3-5-26(19)47(40,41)36-10-11-46-27(36)29(38)44-24(13-20-21(31)14-35(39)15-22(20)32)18-8-9-23(45-30(33)34)25(12-18)43-16-17-6-7-17/h2-5,8-9,12,14-15,17,24,27,30H,6-7,10-11,13,16H2,1H3. The van der Waals surface area contributed by atoms with Crippen LogP contribution in [0.25, 0.3) is 0 Å². The Hall–Kier alpha value is -3.37. The lowest BCUT2D eigenvalue weighted by Crippen LogP contribution is -2.41. The van der Waals surface area contributed by atoms with Gasteiger partial charge in [0.05, 0.1) is 24.2 Å². The van der Waals surface area contributed by atoms with Crippen LogP contribution < -0.4 is 14.2 Å². The molecule has 0 bridgehead atoms. The van der Waals surface area contributed by atoms with E-state index in [0.29, 0.717) is 4.73 Å². The van der Waals surface area contributed by atoms with E-state index in [4.69, 9.17) is 37.4 Å². The molecule has 2 aromatic carbocycles. The Bertz CT molecular complexity index is 1740. The number of esters is 2. The van der Waals surface area contributed by atoms with Crippen LogP contribution in [0.4, 0.5) is 8.78 Å². The maximum atomic E-state index is 13.8. The van der Waals surface area contributed by atoms with Crippen molar-refractivity contribution in [3.8, 4) is 11.5 Å². The summed E-state index contributed by atoms with van der Waals surface area (Å²) in [5.74, 6) is -1.56. The molecule has 0 amide bonds. The van der Waals surface area contributed by atoms with Crippen LogP contribution in [0, 0.1) is 11.1 Å². The first-order chi connectivity index (χ1) is 22.4. The second-order valence-corrected chi connectivity index (χ2v) is 14.4. The van der Waals surface area contributed by atoms with Crippen LogP contribution in [-0.4, -0.2) is 62.7 Å². The van der Waals surface area contributed by atoms with Crippen molar-refractivity contribution in [3.05, 3.63) is 86.8 Å². The number of pyridine rings is 1. The van der Waals surface area contributed by atoms with Gasteiger partial charge < -0.3 is 24.2 Å². The van der Waals surface area contributed by atoms with Crippen molar-refractivity contribution in [1.82, 2.24) is 4.31 Å². The lowest BCUT2D eigenvalue weighted by molar-refractivity contribution is -0.605. The van der Waals surface area contributed by atoms with Crippen LogP contribution in [0.2, 0.25) is 10.0 Å². The van der Waals surface area contributed by atoms with Crippen molar-refractivity contribution in [2.24, 2.45) is 5.92 Å². The maximum Gasteiger partial charge on any atom is 0.387 e. The summed E-state index contributed by atoms with van der Waals surface area (Å²) in [5, 5.41) is 10.5. The predicted octanol–water partition coefficient (Wildman–Crippen LogP) is 5.39. The number of hydrogen-bond donors (Lipinski definition) is 0. The number of aromatic nitrogens is 1. The van der Waals surface area contributed by atoms with E-state index >= 15 is 0 Å². The lowest BCUT2D eigenvalue weighted by atomic mass is 10.0. The zero-order valence-corrected chi connectivity index (χ0v) is 27.8. The molecule has 11 nitrogen and oxygen atoms in total. The second-order valence-electron chi connectivity index (χ2n) is 10.6. The highest BCUT2D eigenvalue weighted by molar-refractivity contribution is 8.02. The molecule has 1 aromatic heterocycles. The fraction of sp³-hybridized carbons (Fsp3) is 0.367. The first-order valence-corrected chi connectivity index (χ1v) is 17.4. The van der Waals surface area contributed by atoms with E-state index in [2.05, 4.69) is 4.74 Å². The zero-order valence-electron chi connectivity index (χ0n) is 24.6. The number of methoxy groups -OCH3 is 1. The number of hydrogen-bond acceptors (Lipinski definition) is 10. The fourth-order valence-corrected chi connectivity index (χ4v) is 8.67. The highest BCUT2D eigenvalue weighted by Crippen LogP contribution is 2.39. The maximum absolute atomic E-state index is 13.8. The molecule has 1 aliphatic carbocycles. The van der Waals surface area contributed by atoms with Crippen LogP contribution in [0.1, 0.15) is 40.4 Å². The van der Waals surface area contributed by atoms with Gasteiger partial charge in [-0.15, -0.1) is 11.8 Å². The van der Waals surface area contributed by atoms with Gasteiger partial charge in [-0.2, -0.15) is 17.8 Å². The number of sulfonamides is 1. The minimum Gasteiger partial charge on any atom is -0.619 e. The average Bonchev–Trinajstić information content (AvgIpc) is 3.72. The number of ether oxygens (including phenoxy) is 4. The molecule has 2 heterocycles. The first kappa shape index (κ1) is 35.0. The number of carbonyl (C=O) groups is 2. The Kier molecular flexibility index (Phi) is 11.0. The van der Waals surface area contributed by atoms with Crippen molar-refractivity contribution in [1.29, 1.82) is 0 Å². The molecule has 1 aliphatic heterocycles. The van der Waals surface area contributed by atoms with Crippen LogP contribution in [0.3, 0.4) is 0 Å². The molecule has 3 aromatic rings. The number of benzene rings is 2. The molecular formula is C30H28Cl2F2N2O9S2. The summed E-state index contributed by atoms with van der Waals surface area (Å²) in [6.45, 7) is -2.94. The largest absolute Gasteiger partial charge is 0.619 e. The summed E-state index contributed by atoms with van der Waals surface area (Å²) in [5.41, 5.74) is 0.304. The molecule has 17 heteroatoms. The highest BCUT2D eigenvalue weighted by Gasteiger charge is 2.43. The van der Waals surface area contributed by atoms with Crippen LogP contribution in [-0.2, 0) is 30.7 Å². The lowest BCUT2D eigenvalue weighted by Gasteiger charge is -2.26. The molecule has 1 saturated heterocycles. The van der Waals surface area contributed by atoms with Crippen LogP contribution in [0.15, 0.2) is 59.8 Å². The van der Waals surface area contributed by atoms with E-state index in [1.807, 2.05) is 0 Å². The molecule has 47 heavy (non-hydrogen) atoms. The van der Waals surface area contributed by atoms with Gasteiger partial charge >= 0.3 is 18.6 Å². The van der Waals surface area contributed by atoms with E-state index < -0.39 is 40.1 Å². The minimum atomic E-state index is -4.41. The highest BCUT2D eigenvalue weighted by atomic mass is 35.5. The Balaban J connectivity index is 1.49. The van der Waals surface area contributed by atoms with Crippen LogP contribution in [0.5, 0.6) is 11.5 Å². The predicted molar refractivity (Wildman–Crippen MR) is 167 cm³/mol. The van der Waals surface area contributed by atoms with Crippen molar-refractivity contribution in [3.63, 3.8) is 0 Å². The second kappa shape index (κ2) is 14.8. The average molecular weight is 734 g/mol. The summed E-state index contributed by atoms with van der Waals surface area (Å²) < 4.78 is 76.4. The van der Waals surface area contributed by atoms with Gasteiger partial charge in [-0.25, -0.2) is 18.0 Å². The molecule has 2 fully saturated rings. The smallest absolute Gasteiger partial charge is 0.387 e. The molecule has 0 N–H and O–H groups in total. The quantitative estimate of drug-likeness (QED) is 0.128. The van der Waals surface area contributed by atoms with Gasteiger partial charge in [0.2, 0.25) is 10.0 Å². The van der Waals surface area contributed by atoms with Gasteiger partial charge in [-0.3, -0.25) is 0 Å². The molecule has 252 valence electrons. The summed E-state index contributed by atoms with van der Waals surface area (Å²) in [7, 11) is -3.29. The molecule has 2 aliphatic rings. The van der Waals surface area contributed by atoms with Gasteiger partial charge in [0.25, 0.3) is 0 Å². The summed E-state index contributed by atoms with van der Waals surface area (Å²) >= 11 is 13.7. The number of nitrogens with zero attached hydrogens (tertiary/aromatic N) is 2. The summed E-state index contributed by atoms with van der Waals surface area (Å²) in [4.78, 5) is 25.8. The molecule has 1 saturated carbocycles. The van der Waals surface area contributed by atoms with Gasteiger partial charge in [0.1, 0.15) is 16.1 Å². The third-order valence-electron chi connectivity index (χ3n) is 7.36. The zero-order chi connectivity index (χ0) is 33.9. The SMILES string of the molecule is COC(=O)c1ccccc1S(=O)(=O)N1CCSC1C(=O)OC(Cc1c(Cl)c[n+]([O-])cc1Cl)c1ccc(OC(F)F)c(OCC2CC2)c1. The van der Waals surface area contributed by atoms with Gasteiger partial charge in [-0.05, 0) is 48.6 Å². The summed E-state index contributed by atoms with van der Waals surface area (Å²) in [6.07, 6.45) is 2.58. The van der Waals surface area contributed by atoms with Crippen molar-refractivity contribution in [2.75, 3.05) is 26.0 Å². The molecular weight excluding hydrogens is 705 g/mol. The number of alkyl halides is 2. The van der Waals surface area contributed by atoms with Gasteiger partial charge in [0, 0.05) is 24.3 Å². The topological polar surface area (TPSA) is 135 Å². The van der Waals surface area contributed by atoms with E-state index in [0.717, 1.165) is 48.4 Å². The number of rotatable bonds is 13. The third-order valence-corrected chi connectivity index (χ3v) is 11.3. The van der Waals surface area contributed by atoms with Crippen LogP contribution >= 0.6 is 35.0 Å². The van der Waals surface area contributed by atoms with Crippen molar-refractivity contribution < 1.29 is 50.5 Å². The van der Waals surface area contributed by atoms with E-state index in [1.54, 1.807) is 0 Å². The van der Waals surface area contributed by atoms with Crippen molar-refractivity contribution in [2.45, 2.75) is 42.2 Å². The first-order valence-electron chi connectivity index (χ1n) is 14.2. The van der Waals surface area contributed by atoms with Crippen molar-refractivity contribution >= 4 is 56.9 Å². The van der Waals surface area contributed by atoms with E-state index in [1.165, 1.54) is 42.5 Å². The van der Waals surface area contributed by atoms with E-state index in [9.17, 15) is 32.0 Å². The molecule has 2 unspecified atom stereocenters. The molecule has 0 radical (unpaired) electrons. The third kappa shape index (κ3) is 8.20. The van der Waals surface area contributed by atoms with Gasteiger partial charge in [-0.1, -0.05) is 41.4 Å². The van der Waals surface area contributed by atoms with Gasteiger partial charge in [0.15, 0.2) is 29.3 Å². The Morgan fingerprint density at radius 3 is 2.47 bits per heavy atom. The summed E-state index contributed by atoms with van der Waals surface area (Å²) in [6, 6.07) is 9.48. The monoisotopic (exact) mass is 732 g/mol. The Morgan fingerprint density at radius 2 is 1.81 bits per heavy atom. The molecule has 5 rings (SSSR count). The molecule has 0 spiro atoms. The number of thioether (sulfide) groups is 1. The fourth-order valence-electron chi connectivity index (χ4n) is 4.84. The molecule has 2 atom stereocenters. The number of halogens is 4. The normalized spacial score (nSPS) is 17.4.